The summed E-state index contributed by atoms with van der Waals surface area (Å²) in [7, 11) is 0. The Morgan fingerprint density at radius 2 is 1.86 bits per heavy atom. The van der Waals surface area contributed by atoms with Crippen LogP contribution in [0.1, 0.15) is 49.8 Å². The van der Waals surface area contributed by atoms with Gasteiger partial charge in [-0.3, -0.25) is 4.79 Å². The molecule has 2 N–H and O–H groups in total. The van der Waals surface area contributed by atoms with Crippen LogP contribution >= 0.6 is 0 Å². The van der Waals surface area contributed by atoms with Gasteiger partial charge in [-0.15, -0.1) is 0 Å². The Balaban J connectivity index is 2.22. The number of nitrogens with one attached hydrogen (secondary N) is 1. The van der Waals surface area contributed by atoms with Crippen LogP contribution < -0.4 is 15.7 Å². The molecule has 7 nitrogen and oxygen atoms in total. The van der Waals surface area contributed by atoms with Crippen LogP contribution in [0.5, 0.6) is 5.75 Å². The second-order valence-electron chi connectivity index (χ2n) is 7.01. The molecule has 1 aromatic heterocycles. The second-order valence-corrected chi connectivity index (χ2v) is 7.01. The maximum atomic E-state index is 12.4. The molecule has 1 heterocycles. The number of aryl methyl sites for hydroxylation is 2. The van der Waals surface area contributed by atoms with E-state index < -0.39 is 29.6 Å². The molecule has 0 aliphatic rings. The van der Waals surface area contributed by atoms with Gasteiger partial charge in [-0.2, -0.15) is 0 Å². The lowest BCUT2D eigenvalue weighted by Crippen LogP contribution is -2.46. The number of carboxylic acids is 1. The summed E-state index contributed by atoms with van der Waals surface area (Å²) in [5, 5.41) is 12.6. The number of rotatable bonds is 8. The van der Waals surface area contributed by atoms with Gasteiger partial charge in [0.15, 0.2) is 6.10 Å². The van der Waals surface area contributed by atoms with Gasteiger partial charge in [-0.25, -0.2) is 9.59 Å². The van der Waals surface area contributed by atoms with E-state index in [4.69, 9.17) is 9.15 Å². The van der Waals surface area contributed by atoms with Crippen molar-refractivity contribution in [3.05, 3.63) is 39.2 Å². The summed E-state index contributed by atoms with van der Waals surface area (Å²) in [6.45, 7) is 8.82. The van der Waals surface area contributed by atoms with Gasteiger partial charge in [0, 0.05) is 16.5 Å². The number of carbonyl (C=O) groups is 2. The van der Waals surface area contributed by atoms with Gasteiger partial charge in [0.1, 0.15) is 17.4 Å². The van der Waals surface area contributed by atoms with Crippen molar-refractivity contribution in [1.29, 1.82) is 0 Å². The molecule has 0 aliphatic heterocycles. The highest BCUT2D eigenvalue weighted by Gasteiger charge is 2.24. The van der Waals surface area contributed by atoms with Gasteiger partial charge in [-0.1, -0.05) is 19.8 Å². The van der Waals surface area contributed by atoms with Crippen LogP contribution in [0.4, 0.5) is 0 Å². The number of ether oxygens (including phenoxy) is 1. The highest BCUT2D eigenvalue weighted by Crippen LogP contribution is 2.29. The van der Waals surface area contributed by atoms with E-state index in [0.717, 1.165) is 17.4 Å². The average molecular weight is 389 g/mol. The first-order valence-electron chi connectivity index (χ1n) is 9.40. The average Bonchev–Trinajstić information content (AvgIpc) is 2.65. The fraction of sp³-hybridized carbons (Fsp3) is 0.476. The van der Waals surface area contributed by atoms with Crippen LogP contribution in [0.15, 0.2) is 21.3 Å². The number of carbonyl (C=O) groups excluding carboxylic acids is 1. The van der Waals surface area contributed by atoms with Gasteiger partial charge in [0.05, 0.1) is 0 Å². The zero-order valence-corrected chi connectivity index (χ0v) is 16.9. The largest absolute Gasteiger partial charge is 0.480 e. The normalized spacial score (nSPS) is 13.2. The number of amides is 1. The van der Waals surface area contributed by atoms with Gasteiger partial charge < -0.3 is 19.6 Å². The minimum Gasteiger partial charge on any atom is -0.480 e. The first kappa shape index (κ1) is 21.5. The summed E-state index contributed by atoms with van der Waals surface area (Å²) < 4.78 is 11.2. The molecule has 0 bridgehead atoms. The number of hydrogen-bond donors (Lipinski definition) is 2. The van der Waals surface area contributed by atoms with Crippen LogP contribution in [0.3, 0.4) is 0 Å². The summed E-state index contributed by atoms with van der Waals surface area (Å²) in [4.78, 5) is 35.7. The third-order valence-electron chi connectivity index (χ3n) is 4.96. The van der Waals surface area contributed by atoms with Gasteiger partial charge >= 0.3 is 11.6 Å². The number of hydrogen-bond acceptors (Lipinski definition) is 5. The molecule has 2 rings (SSSR count). The molecule has 2 aromatic rings. The van der Waals surface area contributed by atoms with Crippen LogP contribution in [0.2, 0.25) is 0 Å². The Labute approximate surface area is 163 Å². The van der Waals surface area contributed by atoms with E-state index in [9.17, 15) is 19.5 Å². The molecule has 152 valence electrons. The third-order valence-corrected chi connectivity index (χ3v) is 4.96. The van der Waals surface area contributed by atoms with Crippen molar-refractivity contribution in [2.75, 3.05) is 0 Å². The molecule has 0 aliphatic carbocycles. The van der Waals surface area contributed by atoms with E-state index in [1.165, 1.54) is 0 Å². The van der Waals surface area contributed by atoms with Crippen molar-refractivity contribution in [1.82, 2.24) is 5.32 Å². The summed E-state index contributed by atoms with van der Waals surface area (Å²) in [5.41, 5.74) is 2.02. The zero-order valence-electron chi connectivity index (χ0n) is 16.9. The summed E-state index contributed by atoms with van der Waals surface area (Å²) in [6.07, 6.45) is 1.00. The number of benzene rings is 1. The third kappa shape index (κ3) is 4.52. The van der Waals surface area contributed by atoms with Gasteiger partial charge in [-0.05, 0) is 51.8 Å². The standard InChI is InChI=1S/C21H27NO6/c1-6-7-8-16(20(24)25)22-19(23)14(5)27-17-10-9-15-11(2)12(3)21(26)28-18(15)13(17)4/h9-10,14,16H,6-8H2,1-5H3,(H,22,23)(H,24,25)/t14-,16+/m1/s1. The first-order chi connectivity index (χ1) is 13.2. The van der Waals surface area contributed by atoms with E-state index in [1.54, 1.807) is 32.9 Å². The zero-order chi connectivity index (χ0) is 21.0. The lowest BCUT2D eigenvalue weighted by atomic mass is 10.0. The lowest BCUT2D eigenvalue weighted by molar-refractivity contribution is -0.143. The Bertz CT molecular complexity index is 946. The number of aliphatic carboxylic acids is 1. The van der Waals surface area contributed by atoms with E-state index in [-0.39, 0.29) is 0 Å². The molecule has 7 heteroatoms. The lowest BCUT2D eigenvalue weighted by Gasteiger charge is -2.20. The Hall–Kier alpha value is -2.83. The molecule has 0 fully saturated rings. The predicted molar refractivity (Wildman–Crippen MR) is 106 cm³/mol. The van der Waals surface area contributed by atoms with Crippen molar-refractivity contribution in [3.63, 3.8) is 0 Å². The molecule has 1 aromatic carbocycles. The quantitative estimate of drug-likeness (QED) is 0.672. The predicted octanol–water partition coefficient (Wildman–Crippen LogP) is 3.25. The van der Waals surface area contributed by atoms with Crippen LogP contribution in [-0.4, -0.2) is 29.1 Å². The molecule has 2 atom stereocenters. The van der Waals surface area contributed by atoms with Crippen molar-refractivity contribution in [3.8, 4) is 5.75 Å². The van der Waals surface area contributed by atoms with Crippen molar-refractivity contribution in [2.24, 2.45) is 0 Å². The highest BCUT2D eigenvalue weighted by atomic mass is 16.5. The van der Waals surface area contributed by atoms with Crippen molar-refractivity contribution in [2.45, 2.75) is 66.0 Å². The molecule has 1 amide bonds. The minimum atomic E-state index is -1.07. The molecule has 28 heavy (non-hydrogen) atoms. The second kappa shape index (κ2) is 8.91. The summed E-state index contributed by atoms with van der Waals surface area (Å²) in [6, 6.07) is 2.56. The molecule has 0 unspecified atom stereocenters. The van der Waals surface area contributed by atoms with Crippen LogP contribution in [-0.2, 0) is 9.59 Å². The first-order valence-corrected chi connectivity index (χ1v) is 9.40. The molecule has 0 spiro atoms. The Morgan fingerprint density at radius 3 is 2.46 bits per heavy atom. The number of unbranched alkanes of at least 4 members (excludes halogenated alkanes) is 1. The van der Waals surface area contributed by atoms with Crippen LogP contribution in [0, 0.1) is 20.8 Å². The van der Waals surface area contributed by atoms with Crippen LogP contribution in [0.25, 0.3) is 11.0 Å². The molecule has 0 saturated carbocycles. The Morgan fingerprint density at radius 1 is 1.18 bits per heavy atom. The maximum absolute atomic E-state index is 12.4. The maximum Gasteiger partial charge on any atom is 0.339 e. The van der Waals surface area contributed by atoms with Crippen molar-refractivity contribution < 1.29 is 23.8 Å². The molecular formula is C21H27NO6. The molecule has 0 saturated heterocycles. The van der Waals surface area contributed by atoms with Gasteiger partial charge in [0.25, 0.3) is 5.91 Å². The van der Waals surface area contributed by atoms with E-state index in [0.29, 0.717) is 35.3 Å². The summed E-state index contributed by atoms with van der Waals surface area (Å²) >= 11 is 0. The molecular weight excluding hydrogens is 362 g/mol. The molecule has 0 radical (unpaired) electrons. The number of carboxylic acid groups (broad SMARTS) is 1. The van der Waals surface area contributed by atoms with E-state index in [2.05, 4.69) is 5.32 Å². The SMILES string of the molecule is CCCC[C@H](NC(=O)[C@@H](C)Oc1ccc2c(C)c(C)c(=O)oc2c1C)C(=O)O. The minimum absolute atomic E-state index is 0.364. The monoisotopic (exact) mass is 389 g/mol. The summed E-state index contributed by atoms with van der Waals surface area (Å²) in [5.74, 6) is -1.17. The topological polar surface area (TPSA) is 106 Å². The van der Waals surface area contributed by atoms with Crippen molar-refractivity contribution >= 4 is 22.8 Å². The van der Waals surface area contributed by atoms with Gasteiger partial charge in [0.2, 0.25) is 0 Å². The number of fused-ring (bicyclic) bond motifs is 1. The fourth-order valence-electron chi connectivity index (χ4n) is 2.95. The smallest absolute Gasteiger partial charge is 0.339 e. The highest BCUT2D eigenvalue weighted by molar-refractivity contribution is 5.87. The fourth-order valence-corrected chi connectivity index (χ4v) is 2.95. The van der Waals surface area contributed by atoms with E-state index in [1.807, 2.05) is 13.8 Å². The Kier molecular flexibility index (Phi) is 6.83. The van der Waals surface area contributed by atoms with E-state index >= 15 is 0 Å².